The first kappa shape index (κ1) is 16.4. The van der Waals surface area contributed by atoms with Gasteiger partial charge in [0.05, 0.1) is 4.92 Å². The molecule has 7 nitrogen and oxygen atoms in total. The maximum Gasteiger partial charge on any atom is 0.273 e. The number of hydrogen-bond donors (Lipinski definition) is 0. The van der Waals surface area contributed by atoms with Crippen molar-refractivity contribution in [2.75, 3.05) is 19.9 Å². The standard InChI is InChI=1S/C19H18N2O5/c1-12-15(3-2-4-16(12)21(23)24)19(22)20-8-7-14(10-20)13-5-6-17-18(9-13)26-11-25-17/h2-6,9,14H,7-8,10-11H2,1H3. The molecule has 0 spiro atoms. The number of nitrogens with zero attached hydrogens (tertiary/aromatic N) is 2. The van der Waals surface area contributed by atoms with Gasteiger partial charge in [0, 0.05) is 36.2 Å². The molecule has 26 heavy (non-hydrogen) atoms. The number of nitro groups is 1. The lowest BCUT2D eigenvalue weighted by atomic mass is 9.98. The Bertz CT molecular complexity index is 895. The van der Waals surface area contributed by atoms with E-state index >= 15 is 0 Å². The molecule has 1 atom stereocenters. The molecule has 2 heterocycles. The lowest BCUT2D eigenvalue weighted by molar-refractivity contribution is -0.385. The SMILES string of the molecule is Cc1c(C(=O)N2CCC(c3ccc4c(c3)OCO4)C2)cccc1[N+](=O)[O-]. The van der Waals surface area contributed by atoms with E-state index in [4.69, 9.17) is 9.47 Å². The number of likely N-dealkylation sites (tertiary alicyclic amines) is 1. The minimum Gasteiger partial charge on any atom is -0.454 e. The number of fused-ring (bicyclic) bond motifs is 1. The molecule has 2 aliphatic rings. The Balaban J connectivity index is 1.53. The zero-order valence-electron chi connectivity index (χ0n) is 14.3. The van der Waals surface area contributed by atoms with Crippen LogP contribution in [0.5, 0.6) is 11.5 Å². The Hall–Kier alpha value is -3.09. The minimum atomic E-state index is -0.453. The van der Waals surface area contributed by atoms with Crippen molar-refractivity contribution < 1.29 is 19.2 Å². The van der Waals surface area contributed by atoms with Crippen molar-refractivity contribution in [1.29, 1.82) is 0 Å². The van der Waals surface area contributed by atoms with Crippen molar-refractivity contribution in [3.05, 3.63) is 63.2 Å². The molecule has 0 aliphatic carbocycles. The molecular formula is C19H18N2O5. The fourth-order valence-corrected chi connectivity index (χ4v) is 3.61. The van der Waals surface area contributed by atoms with Crippen LogP contribution < -0.4 is 9.47 Å². The number of nitro benzene ring substituents is 1. The Morgan fingerprint density at radius 3 is 2.85 bits per heavy atom. The number of carbonyl (C=O) groups is 1. The monoisotopic (exact) mass is 354 g/mol. The van der Waals surface area contributed by atoms with Crippen molar-refractivity contribution in [1.82, 2.24) is 4.90 Å². The van der Waals surface area contributed by atoms with Gasteiger partial charge in [-0.3, -0.25) is 14.9 Å². The van der Waals surface area contributed by atoms with Crippen LogP contribution in [0.25, 0.3) is 0 Å². The third-order valence-electron chi connectivity index (χ3n) is 5.08. The average molecular weight is 354 g/mol. The number of hydrogen-bond acceptors (Lipinski definition) is 5. The Morgan fingerprint density at radius 2 is 2.04 bits per heavy atom. The summed E-state index contributed by atoms with van der Waals surface area (Å²) in [4.78, 5) is 25.3. The molecule has 0 saturated carbocycles. The van der Waals surface area contributed by atoms with Crippen LogP contribution in [-0.2, 0) is 0 Å². The molecule has 1 amide bonds. The number of carbonyl (C=O) groups excluding carboxylic acids is 1. The predicted molar refractivity (Wildman–Crippen MR) is 93.7 cm³/mol. The minimum absolute atomic E-state index is 0.0256. The van der Waals surface area contributed by atoms with Gasteiger partial charge >= 0.3 is 0 Å². The van der Waals surface area contributed by atoms with E-state index in [1.165, 1.54) is 6.07 Å². The van der Waals surface area contributed by atoms with Crippen LogP contribution >= 0.6 is 0 Å². The van der Waals surface area contributed by atoms with Gasteiger partial charge in [-0.25, -0.2) is 0 Å². The van der Waals surface area contributed by atoms with E-state index in [-0.39, 0.29) is 24.3 Å². The molecule has 0 bridgehead atoms. The van der Waals surface area contributed by atoms with Gasteiger partial charge in [0.1, 0.15) is 0 Å². The van der Waals surface area contributed by atoms with Gasteiger partial charge in [-0.2, -0.15) is 0 Å². The highest BCUT2D eigenvalue weighted by molar-refractivity contribution is 5.96. The fourth-order valence-electron chi connectivity index (χ4n) is 3.61. The summed E-state index contributed by atoms with van der Waals surface area (Å²) in [7, 11) is 0. The summed E-state index contributed by atoms with van der Waals surface area (Å²) in [6.07, 6.45) is 0.847. The smallest absolute Gasteiger partial charge is 0.273 e. The summed E-state index contributed by atoms with van der Waals surface area (Å²) < 4.78 is 10.8. The first-order valence-electron chi connectivity index (χ1n) is 8.47. The van der Waals surface area contributed by atoms with E-state index in [9.17, 15) is 14.9 Å². The zero-order valence-corrected chi connectivity index (χ0v) is 14.3. The average Bonchev–Trinajstić information content (AvgIpc) is 3.29. The fraction of sp³-hybridized carbons (Fsp3) is 0.316. The Labute approximate surface area is 150 Å². The predicted octanol–water partition coefficient (Wildman–Crippen LogP) is 3.26. The lowest BCUT2D eigenvalue weighted by Gasteiger charge is -2.18. The topological polar surface area (TPSA) is 81.9 Å². The maximum atomic E-state index is 12.9. The van der Waals surface area contributed by atoms with Crippen LogP contribution in [-0.4, -0.2) is 35.6 Å². The molecule has 2 aromatic rings. The normalized spacial score (nSPS) is 18.2. The van der Waals surface area contributed by atoms with Crippen molar-refractivity contribution in [2.24, 2.45) is 0 Å². The summed E-state index contributed by atoms with van der Waals surface area (Å²) in [5.74, 6) is 1.54. The maximum absolute atomic E-state index is 12.9. The van der Waals surface area contributed by atoms with E-state index in [1.807, 2.05) is 18.2 Å². The molecule has 1 unspecified atom stereocenters. The first-order valence-corrected chi connectivity index (χ1v) is 8.47. The van der Waals surface area contributed by atoms with Gasteiger partial charge in [-0.15, -0.1) is 0 Å². The summed E-state index contributed by atoms with van der Waals surface area (Å²) in [6, 6.07) is 10.5. The Morgan fingerprint density at radius 1 is 1.23 bits per heavy atom. The van der Waals surface area contributed by atoms with Crippen LogP contribution in [0, 0.1) is 17.0 Å². The summed E-state index contributed by atoms with van der Waals surface area (Å²) in [5, 5.41) is 11.1. The van der Waals surface area contributed by atoms with E-state index in [2.05, 4.69) is 0 Å². The molecule has 0 radical (unpaired) electrons. The number of rotatable bonds is 3. The van der Waals surface area contributed by atoms with Crippen molar-refractivity contribution in [2.45, 2.75) is 19.3 Å². The van der Waals surface area contributed by atoms with Gasteiger partial charge in [-0.1, -0.05) is 12.1 Å². The first-order chi connectivity index (χ1) is 12.5. The second kappa shape index (κ2) is 6.33. The highest BCUT2D eigenvalue weighted by Gasteiger charge is 2.30. The molecule has 1 fully saturated rings. The second-order valence-electron chi connectivity index (χ2n) is 6.56. The van der Waals surface area contributed by atoms with Gasteiger partial charge in [0.2, 0.25) is 6.79 Å². The molecule has 0 aromatic heterocycles. The highest BCUT2D eigenvalue weighted by Crippen LogP contribution is 2.37. The van der Waals surface area contributed by atoms with E-state index in [0.717, 1.165) is 23.5 Å². The molecule has 0 N–H and O–H groups in total. The van der Waals surface area contributed by atoms with Crippen LogP contribution in [0.1, 0.15) is 33.8 Å². The summed E-state index contributed by atoms with van der Waals surface area (Å²) in [5.41, 5.74) is 1.89. The van der Waals surface area contributed by atoms with Crippen LogP contribution in [0.4, 0.5) is 5.69 Å². The van der Waals surface area contributed by atoms with E-state index < -0.39 is 4.92 Å². The molecule has 4 rings (SSSR count). The third kappa shape index (κ3) is 2.75. The summed E-state index contributed by atoms with van der Waals surface area (Å²) >= 11 is 0. The van der Waals surface area contributed by atoms with Gasteiger partial charge in [-0.05, 0) is 37.1 Å². The number of ether oxygens (including phenoxy) is 2. The number of amides is 1. The Kier molecular flexibility index (Phi) is 3.99. The van der Waals surface area contributed by atoms with Crippen molar-refractivity contribution >= 4 is 11.6 Å². The molecule has 2 aromatic carbocycles. The van der Waals surface area contributed by atoms with Crippen LogP contribution in [0.2, 0.25) is 0 Å². The molecular weight excluding hydrogens is 336 g/mol. The lowest BCUT2D eigenvalue weighted by Crippen LogP contribution is -2.29. The van der Waals surface area contributed by atoms with Crippen LogP contribution in [0.15, 0.2) is 36.4 Å². The van der Waals surface area contributed by atoms with E-state index in [1.54, 1.807) is 24.0 Å². The third-order valence-corrected chi connectivity index (χ3v) is 5.08. The second-order valence-corrected chi connectivity index (χ2v) is 6.56. The number of benzene rings is 2. The van der Waals surface area contributed by atoms with Crippen molar-refractivity contribution in [3.8, 4) is 11.5 Å². The molecule has 7 heteroatoms. The molecule has 134 valence electrons. The quantitative estimate of drug-likeness (QED) is 0.624. The van der Waals surface area contributed by atoms with Crippen LogP contribution in [0.3, 0.4) is 0 Å². The van der Waals surface area contributed by atoms with E-state index in [0.29, 0.717) is 24.2 Å². The van der Waals surface area contributed by atoms with Gasteiger partial charge in [0.25, 0.3) is 11.6 Å². The molecule has 1 saturated heterocycles. The zero-order chi connectivity index (χ0) is 18.3. The largest absolute Gasteiger partial charge is 0.454 e. The van der Waals surface area contributed by atoms with Gasteiger partial charge < -0.3 is 14.4 Å². The summed E-state index contributed by atoms with van der Waals surface area (Å²) in [6.45, 7) is 3.07. The highest BCUT2D eigenvalue weighted by atomic mass is 16.7. The van der Waals surface area contributed by atoms with Gasteiger partial charge in [0.15, 0.2) is 11.5 Å². The molecule has 2 aliphatic heterocycles. The van der Waals surface area contributed by atoms with Crippen molar-refractivity contribution in [3.63, 3.8) is 0 Å².